The molecule has 0 aliphatic rings. The highest BCUT2D eigenvalue weighted by molar-refractivity contribution is 6.19. The van der Waals surface area contributed by atoms with Crippen LogP contribution in [0, 0.1) is 17.7 Å². The highest BCUT2D eigenvalue weighted by Gasteiger charge is 2.02. The number of ether oxygens (including phenoxy) is 1. The molecule has 3 heteroatoms. The van der Waals surface area contributed by atoms with Crippen LogP contribution < -0.4 is 4.74 Å². The molecule has 0 radical (unpaired) electrons. The third kappa shape index (κ3) is 3.81. The first-order valence-electron chi connectivity index (χ1n) is 4.75. The summed E-state index contributed by atoms with van der Waals surface area (Å²) in [4.78, 5) is 0. The largest absolute Gasteiger partial charge is 0.492 e. The molecule has 1 rings (SSSR count). The van der Waals surface area contributed by atoms with Gasteiger partial charge in [0.25, 0.3) is 0 Å². The van der Waals surface area contributed by atoms with Gasteiger partial charge in [0, 0.05) is 6.07 Å². The maximum atomic E-state index is 12.9. The van der Waals surface area contributed by atoms with Crippen LogP contribution in [0.2, 0.25) is 0 Å². The topological polar surface area (TPSA) is 9.23 Å². The summed E-state index contributed by atoms with van der Waals surface area (Å²) in [6.07, 6.45) is 0.874. The number of alkyl halides is 1. The summed E-state index contributed by atoms with van der Waals surface area (Å²) in [7, 11) is 0. The molecule has 15 heavy (non-hydrogen) atoms. The summed E-state index contributed by atoms with van der Waals surface area (Å²) < 4.78 is 18.3. The van der Waals surface area contributed by atoms with Gasteiger partial charge in [0.05, 0.1) is 18.1 Å². The van der Waals surface area contributed by atoms with Crippen molar-refractivity contribution in [2.45, 2.75) is 13.3 Å². The molecule has 0 N–H and O–H groups in total. The number of benzene rings is 1. The van der Waals surface area contributed by atoms with Crippen molar-refractivity contribution in [1.82, 2.24) is 0 Å². The lowest BCUT2D eigenvalue weighted by Gasteiger charge is -2.06. The summed E-state index contributed by atoms with van der Waals surface area (Å²) in [5, 5.41) is 0. The van der Waals surface area contributed by atoms with Gasteiger partial charge in [-0.25, -0.2) is 4.39 Å². The Kier molecular flexibility index (Phi) is 5.00. The van der Waals surface area contributed by atoms with Gasteiger partial charge in [-0.2, -0.15) is 0 Å². The zero-order chi connectivity index (χ0) is 11.1. The second-order valence-electron chi connectivity index (χ2n) is 2.92. The van der Waals surface area contributed by atoms with Crippen molar-refractivity contribution >= 4 is 11.6 Å². The molecule has 0 spiro atoms. The van der Waals surface area contributed by atoms with Gasteiger partial charge in [0.15, 0.2) is 0 Å². The van der Waals surface area contributed by atoms with Crippen molar-refractivity contribution in [2.75, 3.05) is 12.5 Å². The van der Waals surface area contributed by atoms with Crippen molar-refractivity contribution < 1.29 is 9.13 Å². The third-order valence-electron chi connectivity index (χ3n) is 1.70. The molecule has 80 valence electrons. The van der Waals surface area contributed by atoms with Gasteiger partial charge in [-0.1, -0.05) is 18.8 Å². The number of halogens is 2. The van der Waals surface area contributed by atoms with E-state index in [1.54, 1.807) is 6.07 Å². The maximum Gasteiger partial charge on any atom is 0.137 e. The monoisotopic (exact) mass is 226 g/mol. The highest BCUT2D eigenvalue weighted by atomic mass is 35.5. The Hall–Kier alpha value is -1.20. The van der Waals surface area contributed by atoms with Gasteiger partial charge in [-0.15, -0.1) is 11.6 Å². The van der Waals surface area contributed by atoms with Crippen LogP contribution in [0.4, 0.5) is 4.39 Å². The molecule has 0 heterocycles. The maximum absolute atomic E-state index is 12.9. The summed E-state index contributed by atoms with van der Waals surface area (Å²) in [5.41, 5.74) is 0.672. The minimum atomic E-state index is -0.322. The van der Waals surface area contributed by atoms with Gasteiger partial charge >= 0.3 is 0 Å². The van der Waals surface area contributed by atoms with E-state index in [4.69, 9.17) is 16.3 Å². The van der Waals surface area contributed by atoms with Gasteiger partial charge < -0.3 is 4.74 Å². The van der Waals surface area contributed by atoms with Crippen molar-refractivity contribution in [2.24, 2.45) is 0 Å². The SMILES string of the molecule is CCCOc1cc(F)ccc1C#CCCl. The quantitative estimate of drug-likeness (QED) is 0.568. The first kappa shape index (κ1) is 11.9. The smallest absolute Gasteiger partial charge is 0.137 e. The molecule has 0 atom stereocenters. The predicted molar refractivity (Wildman–Crippen MR) is 59.8 cm³/mol. The lowest BCUT2D eigenvalue weighted by molar-refractivity contribution is 0.315. The Bertz CT molecular complexity index is 379. The van der Waals surface area contributed by atoms with E-state index >= 15 is 0 Å². The van der Waals surface area contributed by atoms with E-state index in [9.17, 15) is 4.39 Å². The summed E-state index contributed by atoms with van der Waals surface area (Å²) >= 11 is 5.45. The molecular formula is C12H12ClFO. The minimum Gasteiger partial charge on any atom is -0.492 e. The van der Waals surface area contributed by atoms with E-state index in [2.05, 4.69) is 11.8 Å². The molecule has 0 saturated heterocycles. The summed E-state index contributed by atoms with van der Waals surface area (Å²) in [5.74, 6) is 5.95. The molecule has 0 aromatic heterocycles. The molecule has 1 aromatic carbocycles. The Morgan fingerprint density at radius 2 is 2.27 bits per heavy atom. The van der Waals surface area contributed by atoms with Crippen LogP contribution in [0.1, 0.15) is 18.9 Å². The van der Waals surface area contributed by atoms with Crippen LogP contribution in [-0.4, -0.2) is 12.5 Å². The van der Waals surface area contributed by atoms with Crippen molar-refractivity contribution in [3.63, 3.8) is 0 Å². The van der Waals surface area contributed by atoms with Crippen LogP contribution in [0.15, 0.2) is 18.2 Å². The second kappa shape index (κ2) is 6.31. The van der Waals surface area contributed by atoms with Gasteiger partial charge in [0.1, 0.15) is 11.6 Å². The Balaban J connectivity index is 2.92. The Morgan fingerprint density at radius 1 is 1.47 bits per heavy atom. The van der Waals surface area contributed by atoms with E-state index in [-0.39, 0.29) is 11.7 Å². The van der Waals surface area contributed by atoms with Gasteiger partial charge in [-0.3, -0.25) is 0 Å². The van der Waals surface area contributed by atoms with Crippen molar-refractivity contribution in [3.05, 3.63) is 29.6 Å². The summed E-state index contributed by atoms with van der Waals surface area (Å²) in [6, 6.07) is 4.30. The zero-order valence-corrected chi connectivity index (χ0v) is 9.27. The molecule has 1 nitrogen and oxygen atoms in total. The minimum absolute atomic E-state index is 0.255. The van der Waals surface area contributed by atoms with Crippen LogP contribution in [-0.2, 0) is 0 Å². The zero-order valence-electron chi connectivity index (χ0n) is 8.52. The predicted octanol–water partition coefficient (Wildman–Crippen LogP) is 3.20. The molecule has 1 aromatic rings. The third-order valence-corrected chi connectivity index (χ3v) is 1.83. The fraction of sp³-hybridized carbons (Fsp3) is 0.333. The standard InChI is InChI=1S/C12H12ClFO/c1-2-8-15-12-9-11(14)6-5-10(12)4-3-7-13/h5-6,9H,2,7-8H2,1H3. The molecule has 0 unspecified atom stereocenters. The summed E-state index contributed by atoms with van der Waals surface area (Å²) in [6.45, 7) is 2.54. The average Bonchev–Trinajstić information content (AvgIpc) is 2.25. The highest BCUT2D eigenvalue weighted by Crippen LogP contribution is 2.19. The van der Waals surface area contributed by atoms with E-state index in [1.807, 2.05) is 6.92 Å². The first-order chi connectivity index (χ1) is 7.27. The fourth-order valence-corrected chi connectivity index (χ4v) is 1.13. The number of rotatable bonds is 3. The normalized spacial score (nSPS) is 9.27. The van der Waals surface area contributed by atoms with Crippen molar-refractivity contribution in [3.8, 4) is 17.6 Å². The molecule has 0 amide bonds. The first-order valence-corrected chi connectivity index (χ1v) is 5.28. The van der Waals surface area contributed by atoms with E-state index in [0.29, 0.717) is 17.9 Å². The lowest BCUT2D eigenvalue weighted by Crippen LogP contribution is -1.97. The molecule has 0 saturated carbocycles. The Labute approximate surface area is 94.2 Å². The molecular weight excluding hydrogens is 215 g/mol. The Morgan fingerprint density at radius 3 is 2.93 bits per heavy atom. The van der Waals surface area contributed by atoms with Gasteiger partial charge in [0.2, 0.25) is 0 Å². The van der Waals surface area contributed by atoms with E-state index < -0.39 is 0 Å². The van der Waals surface area contributed by atoms with Gasteiger partial charge in [-0.05, 0) is 18.6 Å². The number of hydrogen-bond donors (Lipinski definition) is 0. The van der Waals surface area contributed by atoms with Crippen LogP contribution >= 0.6 is 11.6 Å². The van der Waals surface area contributed by atoms with E-state index in [0.717, 1.165) is 6.42 Å². The lowest BCUT2D eigenvalue weighted by atomic mass is 10.2. The molecule has 0 aliphatic heterocycles. The van der Waals surface area contributed by atoms with Crippen LogP contribution in [0.25, 0.3) is 0 Å². The molecule has 0 fully saturated rings. The average molecular weight is 227 g/mol. The van der Waals surface area contributed by atoms with Crippen LogP contribution in [0.3, 0.4) is 0 Å². The molecule has 0 aliphatic carbocycles. The molecule has 0 bridgehead atoms. The second-order valence-corrected chi connectivity index (χ2v) is 3.19. The number of hydrogen-bond acceptors (Lipinski definition) is 1. The van der Waals surface area contributed by atoms with E-state index in [1.165, 1.54) is 12.1 Å². The fourth-order valence-electron chi connectivity index (χ4n) is 1.06. The van der Waals surface area contributed by atoms with Crippen LogP contribution in [0.5, 0.6) is 5.75 Å². The van der Waals surface area contributed by atoms with Crippen molar-refractivity contribution in [1.29, 1.82) is 0 Å².